The summed E-state index contributed by atoms with van der Waals surface area (Å²) >= 11 is 0. The first kappa shape index (κ1) is 15.0. The monoisotopic (exact) mass is 324 g/mol. The van der Waals surface area contributed by atoms with Gasteiger partial charge in [0.2, 0.25) is 11.7 Å². The van der Waals surface area contributed by atoms with Crippen LogP contribution < -0.4 is 0 Å². The van der Waals surface area contributed by atoms with Crippen LogP contribution in [-0.2, 0) is 13.6 Å². The van der Waals surface area contributed by atoms with E-state index in [0.717, 1.165) is 43.2 Å². The number of likely N-dealkylation sites (tertiary alicyclic amines) is 1. The van der Waals surface area contributed by atoms with Crippen molar-refractivity contribution < 1.29 is 4.52 Å². The van der Waals surface area contributed by atoms with Crippen molar-refractivity contribution in [3.8, 4) is 11.4 Å². The van der Waals surface area contributed by atoms with Gasteiger partial charge in [0.25, 0.3) is 0 Å². The van der Waals surface area contributed by atoms with Gasteiger partial charge < -0.3 is 4.52 Å². The van der Waals surface area contributed by atoms with E-state index in [9.17, 15) is 0 Å². The highest BCUT2D eigenvalue weighted by molar-refractivity contribution is 5.52. The Morgan fingerprint density at radius 1 is 1.29 bits per heavy atom. The van der Waals surface area contributed by atoms with Gasteiger partial charge in [-0.25, -0.2) is 0 Å². The van der Waals surface area contributed by atoms with E-state index in [2.05, 4.69) is 38.2 Å². The number of hydrogen-bond donors (Lipinski definition) is 0. The van der Waals surface area contributed by atoms with Crippen LogP contribution in [0.4, 0.5) is 0 Å². The molecule has 1 aliphatic rings. The highest BCUT2D eigenvalue weighted by Gasteiger charge is 2.29. The molecular weight excluding hydrogens is 304 g/mol. The molecule has 0 aliphatic carbocycles. The SMILES string of the molecule is Cc1nn(C)cc1CN1CC[C@@H](c2nc(-c3ccncc3)no2)C1. The summed E-state index contributed by atoms with van der Waals surface area (Å²) in [6.45, 7) is 4.95. The first-order valence-electron chi connectivity index (χ1n) is 8.14. The lowest BCUT2D eigenvalue weighted by Crippen LogP contribution is -2.20. The second-order valence-corrected chi connectivity index (χ2v) is 6.33. The minimum absolute atomic E-state index is 0.296. The van der Waals surface area contributed by atoms with E-state index in [1.165, 1.54) is 5.56 Å². The molecule has 4 rings (SSSR count). The zero-order valence-corrected chi connectivity index (χ0v) is 13.9. The summed E-state index contributed by atoms with van der Waals surface area (Å²) in [6, 6.07) is 3.78. The third kappa shape index (κ3) is 2.94. The van der Waals surface area contributed by atoms with Crippen LogP contribution in [0.3, 0.4) is 0 Å². The van der Waals surface area contributed by atoms with Gasteiger partial charge in [-0.1, -0.05) is 5.16 Å². The highest BCUT2D eigenvalue weighted by atomic mass is 16.5. The van der Waals surface area contributed by atoms with Gasteiger partial charge in [0.15, 0.2) is 0 Å². The molecular formula is C17H20N6O. The molecule has 1 atom stereocenters. The van der Waals surface area contributed by atoms with Crippen molar-refractivity contribution in [1.82, 2.24) is 29.8 Å². The average Bonchev–Trinajstić information content (AvgIpc) is 3.29. The molecule has 1 saturated heterocycles. The van der Waals surface area contributed by atoms with Gasteiger partial charge in [0.1, 0.15) is 0 Å². The molecule has 0 bridgehead atoms. The molecule has 0 spiro atoms. The lowest BCUT2D eigenvalue weighted by atomic mass is 10.1. The van der Waals surface area contributed by atoms with Crippen LogP contribution in [-0.4, -0.2) is 42.9 Å². The summed E-state index contributed by atoms with van der Waals surface area (Å²) in [5.74, 6) is 1.66. The van der Waals surface area contributed by atoms with E-state index in [1.807, 2.05) is 23.9 Å². The minimum atomic E-state index is 0.296. The maximum absolute atomic E-state index is 5.50. The van der Waals surface area contributed by atoms with Gasteiger partial charge in [-0.05, 0) is 32.0 Å². The average molecular weight is 324 g/mol. The van der Waals surface area contributed by atoms with Crippen molar-refractivity contribution in [3.05, 3.63) is 47.9 Å². The Kier molecular flexibility index (Phi) is 3.86. The molecule has 4 heterocycles. The Morgan fingerprint density at radius 2 is 2.12 bits per heavy atom. The number of pyridine rings is 1. The van der Waals surface area contributed by atoms with Crippen LogP contribution in [0.5, 0.6) is 0 Å². The largest absolute Gasteiger partial charge is 0.339 e. The van der Waals surface area contributed by atoms with Crippen LogP contribution in [0.1, 0.15) is 29.5 Å². The Bertz CT molecular complexity index is 825. The van der Waals surface area contributed by atoms with Crippen molar-refractivity contribution in [1.29, 1.82) is 0 Å². The van der Waals surface area contributed by atoms with Gasteiger partial charge in [-0.3, -0.25) is 14.6 Å². The summed E-state index contributed by atoms with van der Waals surface area (Å²) < 4.78 is 7.38. The molecule has 0 aromatic carbocycles. The third-order valence-electron chi connectivity index (χ3n) is 4.51. The van der Waals surface area contributed by atoms with Gasteiger partial charge >= 0.3 is 0 Å². The fourth-order valence-electron chi connectivity index (χ4n) is 3.24. The second-order valence-electron chi connectivity index (χ2n) is 6.33. The first-order chi connectivity index (χ1) is 11.7. The Balaban J connectivity index is 1.44. The summed E-state index contributed by atoms with van der Waals surface area (Å²) in [4.78, 5) is 11.0. The molecule has 3 aromatic heterocycles. The van der Waals surface area contributed by atoms with Crippen LogP contribution in [0.25, 0.3) is 11.4 Å². The lowest BCUT2D eigenvalue weighted by Gasteiger charge is -2.14. The van der Waals surface area contributed by atoms with Crippen LogP contribution in [0, 0.1) is 6.92 Å². The molecule has 0 saturated carbocycles. The quantitative estimate of drug-likeness (QED) is 0.732. The molecule has 7 heteroatoms. The van der Waals surface area contributed by atoms with Crippen molar-refractivity contribution in [2.75, 3.05) is 13.1 Å². The summed E-state index contributed by atoms with van der Waals surface area (Å²) in [7, 11) is 1.96. The zero-order chi connectivity index (χ0) is 16.5. The van der Waals surface area contributed by atoms with Crippen molar-refractivity contribution in [2.24, 2.45) is 7.05 Å². The number of aryl methyl sites for hydroxylation is 2. The van der Waals surface area contributed by atoms with Gasteiger partial charge in [0.05, 0.1) is 11.6 Å². The Morgan fingerprint density at radius 3 is 2.88 bits per heavy atom. The summed E-state index contributed by atoms with van der Waals surface area (Å²) in [5.41, 5.74) is 3.31. The third-order valence-corrected chi connectivity index (χ3v) is 4.51. The number of aromatic nitrogens is 5. The van der Waals surface area contributed by atoms with Gasteiger partial charge in [0, 0.05) is 49.9 Å². The fourth-order valence-corrected chi connectivity index (χ4v) is 3.24. The topological polar surface area (TPSA) is 72.9 Å². The first-order valence-corrected chi connectivity index (χ1v) is 8.14. The maximum Gasteiger partial charge on any atom is 0.231 e. The molecule has 3 aromatic rings. The molecule has 0 radical (unpaired) electrons. The molecule has 1 aliphatic heterocycles. The molecule has 0 amide bonds. The van der Waals surface area contributed by atoms with Crippen LogP contribution in [0.2, 0.25) is 0 Å². The summed E-state index contributed by atoms with van der Waals surface area (Å²) in [6.07, 6.45) is 6.60. The Hall–Kier alpha value is -2.54. The lowest BCUT2D eigenvalue weighted by molar-refractivity contribution is 0.308. The van der Waals surface area contributed by atoms with E-state index in [4.69, 9.17) is 4.52 Å². The minimum Gasteiger partial charge on any atom is -0.339 e. The normalized spacial score (nSPS) is 18.3. The standard InChI is InChI=1S/C17H20N6O/c1-12-15(9-22(2)20-12)11-23-8-5-14(10-23)17-19-16(21-24-17)13-3-6-18-7-4-13/h3-4,6-7,9,14H,5,8,10-11H2,1-2H3/t14-/m1/s1. The number of hydrogen-bond acceptors (Lipinski definition) is 6. The number of nitrogens with zero attached hydrogens (tertiary/aromatic N) is 6. The van der Waals surface area contributed by atoms with Gasteiger partial charge in [-0.15, -0.1) is 0 Å². The fraction of sp³-hybridized carbons (Fsp3) is 0.412. The van der Waals surface area contributed by atoms with E-state index in [-0.39, 0.29) is 0 Å². The van der Waals surface area contributed by atoms with E-state index >= 15 is 0 Å². The molecule has 0 N–H and O–H groups in total. The zero-order valence-electron chi connectivity index (χ0n) is 13.9. The van der Waals surface area contributed by atoms with Gasteiger partial charge in [-0.2, -0.15) is 10.1 Å². The number of rotatable bonds is 4. The molecule has 24 heavy (non-hydrogen) atoms. The molecule has 1 fully saturated rings. The second kappa shape index (κ2) is 6.16. The predicted octanol–water partition coefficient (Wildman–Crippen LogP) is 2.16. The molecule has 124 valence electrons. The highest BCUT2D eigenvalue weighted by Crippen LogP contribution is 2.28. The van der Waals surface area contributed by atoms with Crippen LogP contribution >= 0.6 is 0 Å². The predicted molar refractivity (Wildman–Crippen MR) is 88.1 cm³/mol. The summed E-state index contributed by atoms with van der Waals surface area (Å²) in [5, 5.41) is 8.52. The van der Waals surface area contributed by atoms with E-state index < -0.39 is 0 Å². The smallest absolute Gasteiger partial charge is 0.231 e. The molecule has 7 nitrogen and oxygen atoms in total. The van der Waals surface area contributed by atoms with E-state index in [1.54, 1.807) is 12.4 Å². The maximum atomic E-state index is 5.50. The van der Waals surface area contributed by atoms with Crippen molar-refractivity contribution in [2.45, 2.75) is 25.8 Å². The Labute approximate surface area is 140 Å². The molecule has 0 unspecified atom stereocenters. The van der Waals surface area contributed by atoms with Crippen LogP contribution in [0.15, 0.2) is 35.2 Å². The van der Waals surface area contributed by atoms with E-state index in [0.29, 0.717) is 11.7 Å². The van der Waals surface area contributed by atoms with Crippen molar-refractivity contribution in [3.63, 3.8) is 0 Å². The van der Waals surface area contributed by atoms with Crippen molar-refractivity contribution >= 4 is 0 Å².